The topological polar surface area (TPSA) is 9.23 Å². The molecule has 4 rings (SSSR count). The first-order chi connectivity index (χ1) is 20.7. The van der Waals surface area contributed by atoms with E-state index in [1.807, 2.05) is 0 Å². The average molecular weight is 599 g/mol. The lowest BCUT2D eigenvalue weighted by molar-refractivity contribution is -0.183. The first kappa shape index (κ1) is 35.8. The Morgan fingerprint density at radius 3 is 0.860 bits per heavy atom. The first-order valence-electron chi connectivity index (χ1n) is 20.4. The highest BCUT2D eigenvalue weighted by atomic mass is 16.5. The molecule has 0 aromatic carbocycles. The summed E-state index contributed by atoms with van der Waals surface area (Å²) in [5, 5.41) is 0. The highest BCUT2D eigenvalue weighted by molar-refractivity contribution is 4.92. The zero-order valence-electron chi connectivity index (χ0n) is 30.4. The predicted molar refractivity (Wildman–Crippen MR) is 189 cm³/mol. The standard InChI is InChI=1S/C42H78O/c1-7-9-11-33-13-17-35(18-14-33)21-23-37-25-29-39(30-26-37)41(3,4)43-42(5,6)40-31-27-38(28-32-40)24-22-36-19-15-34(16-20-36)12-10-8-2/h33-40H,7-32H2,1-6H3/t33-,34-,35-,36-,37-,38-,39-,40-. The van der Waals surface area contributed by atoms with Crippen molar-refractivity contribution in [2.24, 2.45) is 47.3 Å². The number of ether oxygens (including phenoxy) is 1. The second-order valence-corrected chi connectivity index (χ2v) is 18.0. The van der Waals surface area contributed by atoms with Crippen LogP contribution in [0.25, 0.3) is 0 Å². The molecular formula is C42H78O. The molecule has 0 atom stereocenters. The second kappa shape index (κ2) is 17.8. The van der Waals surface area contributed by atoms with Crippen molar-refractivity contribution in [1.29, 1.82) is 0 Å². The van der Waals surface area contributed by atoms with E-state index in [4.69, 9.17) is 4.74 Å². The summed E-state index contributed by atoms with van der Waals surface area (Å²) in [5.74, 6) is 7.67. The van der Waals surface area contributed by atoms with Gasteiger partial charge in [-0.1, -0.05) is 155 Å². The minimum atomic E-state index is 0.0121. The summed E-state index contributed by atoms with van der Waals surface area (Å²) in [6.07, 6.45) is 38.3. The molecule has 0 unspecified atom stereocenters. The lowest BCUT2D eigenvalue weighted by Crippen LogP contribution is -2.47. The van der Waals surface area contributed by atoms with E-state index in [0.29, 0.717) is 0 Å². The molecule has 4 aliphatic carbocycles. The lowest BCUT2D eigenvalue weighted by Gasteiger charge is -2.48. The van der Waals surface area contributed by atoms with Crippen LogP contribution in [-0.2, 0) is 4.74 Å². The minimum Gasteiger partial charge on any atom is -0.369 e. The highest BCUT2D eigenvalue weighted by Crippen LogP contribution is 2.46. The molecule has 0 aliphatic heterocycles. The van der Waals surface area contributed by atoms with Crippen LogP contribution >= 0.6 is 0 Å². The molecule has 252 valence electrons. The molecule has 0 aromatic rings. The zero-order chi connectivity index (χ0) is 30.7. The van der Waals surface area contributed by atoms with Gasteiger partial charge in [-0.15, -0.1) is 0 Å². The summed E-state index contributed by atoms with van der Waals surface area (Å²) >= 11 is 0. The van der Waals surface area contributed by atoms with E-state index in [1.165, 1.54) is 167 Å². The maximum absolute atomic E-state index is 7.16. The van der Waals surface area contributed by atoms with Gasteiger partial charge in [0.1, 0.15) is 0 Å². The third-order valence-electron chi connectivity index (χ3n) is 14.0. The van der Waals surface area contributed by atoms with Gasteiger partial charge in [-0.2, -0.15) is 0 Å². The molecule has 4 aliphatic rings. The summed E-state index contributed by atoms with van der Waals surface area (Å²) < 4.78 is 7.16. The van der Waals surface area contributed by atoms with Gasteiger partial charge in [-0.05, 0) is 101 Å². The van der Waals surface area contributed by atoms with Crippen LogP contribution in [-0.4, -0.2) is 11.2 Å². The van der Waals surface area contributed by atoms with Gasteiger partial charge >= 0.3 is 0 Å². The van der Waals surface area contributed by atoms with Crippen molar-refractivity contribution in [2.45, 2.75) is 220 Å². The van der Waals surface area contributed by atoms with E-state index in [2.05, 4.69) is 41.5 Å². The van der Waals surface area contributed by atoms with E-state index in [1.54, 1.807) is 0 Å². The number of rotatable bonds is 16. The van der Waals surface area contributed by atoms with Gasteiger partial charge in [0.15, 0.2) is 0 Å². The van der Waals surface area contributed by atoms with Crippen molar-refractivity contribution in [2.75, 3.05) is 0 Å². The SMILES string of the molecule is CCCC[C@H]1CC[C@H](CC[C@H]2CC[C@H](C(C)(C)OC(C)(C)[C@H]3CC[C@H](CC[C@H]4CC[C@H](CCCC)CC4)CC3)CC2)CC1. The molecule has 0 saturated heterocycles. The normalized spacial score (nSPS) is 34.7. The van der Waals surface area contributed by atoms with Crippen molar-refractivity contribution in [1.82, 2.24) is 0 Å². The summed E-state index contributed by atoms with van der Waals surface area (Å²) in [6.45, 7) is 14.5. The number of hydrogen-bond donors (Lipinski definition) is 0. The van der Waals surface area contributed by atoms with E-state index in [-0.39, 0.29) is 11.2 Å². The Morgan fingerprint density at radius 2 is 0.605 bits per heavy atom. The Balaban J connectivity index is 1.09. The average Bonchev–Trinajstić information content (AvgIpc) is 3.01. The van der Waals surface area contributed by atoms with Crippen LogP contribution in [0.4, 0.5) is 0 Å². The van der Waals surface area contributed by atoms with Gasteiger partial charge < -0.3 is 4.74 Å². The summed E-state index contributed by atoms with van der Waals surface area (Å²) in [4.78, 5) is 0. The molecule has 1 heteroatoms. The fourth-order valence-corrected chi connectivity index (χ4v) is 10.7. The Labute approximate surface area is 271 Å². The lowest BCUT2D eigenvalue weighted by atomic mass is 9.70. The molecule has 0 amide bonds. The van der Waals surface area contributed by atoms with E-state index in [9.17, 15) is 0 Å². The van der Waals surface area contributed by atoms with Gasteiger partial charge in [0.05, 0.1) is 11.2 Å². The van der Waals surface area contributed by atoms with Gasteiger partial charge in [-0.25, -0.2) is 0 Å². The van der Waals surface area contributed by atoms with Crippen LogP contribution in [0.15, 0.2) is 0 Å². The van der Waals surface area contributed by atoms with Crippen LogP contribution in [0.2, 0.25) is 0 Å². The van der Waals surface area contributed by atoms with Gasteiger partial charge in [0.2, 0.25) is 0 Å². The van der Waals surface area contributed by atoms with E-state index in [0.717, 1.165) is 47.3 Å². The van der Waals surface area contributed by atoms with E-state index < -0.39 is 0 Å². The summed E-state index contributed by atoms with van der Waals surface area (Å²) in [6, 6.07) is 0. The third-order valence-corrected chi connectivity index (χ3v) is 14.0. The number of hydrogen-bond acceptors (Lipinski definition) is 1. The summed E-state index contributed by atoms with van der Waals surface area (Å²) in [5.41, 5.74) is 0.0241. The monoisotopic (exact) mass is 599 g/mol. The predicted octanol–water partition coefficient (Wildman–Crippen LogP) is 13.7. The Morgan fingerprint density at radius 1 is 0.372 bits per heavy atom. The zero-order valence-corrected chi connectivity index (χ0v) is 30.4. The molecule has 0 radical (unpaired) electrons. The molecule has 0 spiro atoms. The Kier molecular flexibility index (Phi) is 14.8. The largest absolute Gasteiger partial charge is 0.369 e. The Hall–Kier alpha value is -0.0400. The minimum absolute atomic E-state index is 0.0121. The smallest absolute Gasteiger partial charge is 0.0661 e. The van der Waals surface area contributed by atoms with Crippen LogP contribution in [0.5, 0.6) is 0 Å². The highest BCUT2D eigenvalue weighted by Gasteiger charge is 2.42. The van der Waals surface area contributed by atoms with Crippen LogP contribution in [0.1, 0.15) is 208 Å². The van der Waals surface area contributed by atoms with Crippen molar-refractivity contribution >= 4 is 0 Å². The fraction of sp³-hybridized carbons (Fsp3) is 1.00. The van der Waals surface area contributed by atoms with Crippen molar-refractivity contribution < 1.29 is 4.74 Å². The van der Waals surface area contributed by atoms with Crippen LogP contribution < -0.4 is 0 Å². The maximum atomic E-state index is 7.16. The van der Waals surface area contributed by atoms with Gasteiger partial charge in [0, 0.05) is 0 Å². The molecule has 0 bridgehead atoms. The molecule has 0 heterocycles. The number of unbranched alkanes of at least 4 members (excludes halogenated alkanes) is 2. The molecule has 4 fully saturated rings. The third kappa shape index (κ3) is 11.6. The van der Waals surface area contributed by atoms with Gasteiger partial charge in [0.25, 0.3) is 0 Å². The molecule has 1 nitrogen and oxygen atoms in total. The van der Waals surface area contributed by atoms with Crippen LogP contribution in [0.3, 0.4) is 0 Å². The molecule has 0 N–H and O–H groups in total. The molecule has 43 heavy (non-hydrogen) atoms. The summed E-state index contributed by atoms with van der Waals surface area (Å²) in [7, 11) is 0. The van der Waals surface area contributed by atoms with Crippen molar-refractivity contribution in [3.05, 3.63) is 0 Å². The molecule has 4 saturated carbocycles. The Bertz CT molecular complexity index is 658. The first-order valence-corrected chi connectivity index (χ1v) is 20.4. The van der Waals surface area contributed by atoms with Crippen LogP contribution in [0, 0.1) is 47.3 Å². The van der Waals surface area contributed by atoms with Crippen molar-refractivity contribution in [3.8, 4) is 0 Å². The van der Waals surface area contributed by atoms with Crippen molar-refractivity contribution in [3.63, 3.8) is 0 Å². The molecule has 0 aromatic heterocycles. The van der Waals surface area contributed by atoms with E-state index >= 15 is 0 Å². The maximum Gasteiger partial charge on any atom is 0.0661 e. The molecular weight excluding hydrogens is 520 g/mol. The quantitative estimate of drug-likeness (QED) is 0.172. The fourth-order valence-electron chi connectivity index (χ4n) is 10.7. The second-order valence-electron chi connectivity index (χ2n) is 18.0. The van der Waals surface area contributed by atoms with Gasteiger partial charge in [-0.3, -0.25) is 0 Å².